The highest BCUT2D eigenvalue weighted by atomic mass is 31.2. The first-order chi connectivity index (χ1) is 26.5. The number of nitrogens with zero attached hydrogens (tertiary/aromatic N) is 1. The van der Waals surface area contributed by atoms with Gasteiger partial charge in [-0.05, 0) is 70.6 Å². The predicted molar refractivity (Wildman–Crippen MR) is 227 cm³/mol. The molecule has 0 aromatic heterocycles. The van der Waals surface area contributed by atoms with Crippen molar-refractivity contribution in [2.45, 2.75) is 180 Å². The average molecular weight is 796 g/mol. The van der Waals surface area contributed by atoms with Gasteiger partial charge in [-0.2, -0.15) is 0 Å². The van der Waals surface area contributed by atoms with Gasteiger partial charge in [0.1, 0.15) is 19.8 Å². The summed E-state index contributed by atoms with van der Waals surface area (Å²) in [5.74, 6) is -0.865. The molecule has 2 unspecified atom stereocenters. The molecule has 0 aliphatic heterocycles. The molecule has 0 aliphatic rings. The van der Waals surface area contributed by atoms with Gasteiger partial charge in [-0.25, -0.2) is 0 Å². The molecule has 0 saturated heterocycles. The van der Waals surface area contributed by atoms with Gasteiger partial charge < -0.3 is 27.9 Å². The molecular formula is C45H82NO8P. The Bertz CT molecular complexity index is 1080. The summed E-state index contributed by atoms with van der Waals surface area (Å²) in [4.78, 5) is 37.4. The number of unbranched alkanes of at least 4 members (excludes halogenated alkanes) is 17. The van der Waals surface area contributed by atoms with Crippen LogP contribution in [0.25, 0.3) is 0 Å². The van der Waals surface area contributed by atoms with Crippen molar-refractivity contribution in [3.63, 3.8) is 0 Å². The lowest BCUT2D eigenvalue weighted by Gasteiger charge is -2.28. The third kappa shape index (κ3) is 41.4. The molecule has 0 heterocycles. The molecule has 0 aromatic carbocycles. The van der Waals surface area contributed by atoms with E-state index in [0.717, 1.165) is 89.9 Å². The molecule has 0 amide bonds. The zero-order chi connectivity index (χ0) is 40.7. The molecule has 0 saturated carbocycles. The molecule has 0 aromatic rings. The minimum Gasteiger partial charge on any atom is -0.756 e. The van der Waals surface area contributed by atoms with Gasteiger partial charge in [0.25, 0.3) is 7.82 Å². The van der Waals surface area contributed by atoms with Crippen molar-refractivity contribution >= 4 is 19.8 Å². The number of quaternary nitrogens is 1. The fourth-order valence-electron chi connectivity index (χ4n) is 5.60. The lowest BCUT2D eigenvalue weighted by molar-refractivity contribution is -0.870. The topological polar surface area (TPSA) is 111 Å². The zero-order valence-corrected chi connectivity index (χ0v) is 36.8. The van der Waals surface area contributed by atoms with Crippen LogP contribution in [0.1, 0.15) is 174 Å². The largest absolute Gasteiger partial charge is 0.756 e. The van der Waals surface area contributed by atoms with Crippen LogP contribution >= 0.6 is 7.82 Å². The van der Waals surface area contributed by atoms with E-state index >= 15 is 0 Å². The van der Waals surface area contributed by atoms with Gasteiger partial charge in [-0.1, -0.05) is 140 Å². The second-order valence-corrected chi connectivity index (χ2v) is 17.1. The fraction of sp³-hybridized carbons (Fsp3) is 0.778. The second-order valence-electron chi connectivity index (χ2n) is 15.7. The number of esters is 2. The first kappa shape index (κ1) is 53.0. The van der Waals surface area contributed by atoms with Crippen molar-refractivity contribution in [1.29, 1.82) is 0 Å². The monoisotopic (exact) mass is 796 g/mol. The smallest absolute Gasteiger partial charge is 0.306 e. The van der Waals surface area contributed by atoms with Crippen molar-refractivity contribution in [2.75, 3.05) is 47.5 Å². The van der Waals surface area contributed by atoms with Crippen molar-refractivity contribution in [1.82, 2.24) is 0 Å². The van der Waals surface area contributed by atoms with Crippen LogP contribution in [-0.2, 0) is 32.7 Å². The fourth-order valence-corrected chi connectivity index (χ4v) is 6.33. The first-order valence-corrected chi connectivity index (χ1v) is 23.3. The Kier molecular flexibility index (Phi) is 36.2. The molecule has 0 spiro atoms. The number of phosphoric ester groups is 1. The number of carbonyl (C=O) groups excluding carboxylic acids is 2. The van der Waals surface area contributed by atoms with E-state index in [1.165, 1.54) is 44.9 Å². The van der Waals surface area contributed by atoms with Crippen LogP contribution in [0.15, 0.2) is 48.6 Å². The Labute approximate surface area is 337 Å². The SMILES string of the molecule is CCC/C=C\CCCCCCCC(=O)OCC(COP(=O)([O-])OCC[N+](C)(C)C)OC(=O)CCCCCCCC/C=C\C/C=C\C/C=C\CCCCCCC. The number of hydrogen-bond acceptors (Lipinski definition) is 8. The van der Waals surface area contributed by atoms with Crippen molar-refractivity contribution in [3.8, 4) is 0 Å². The lowest BCUT2D eigenvalue weighted by atomic mass is 10.1. The standard InChI is InChI=1S/C45H82NO8P/c1-6-8-10-12-14-16-18-19-20-21-22-23-24-25-26-27-28-30-32-34-36-38-45(48)54-43(42-53-55(49,50)52-40-39-46(3,4)5)41-51-44(47)37-35-33-31-29-17-15-13-11-9-7-2/h11,13,18-19,21-22,24-25,43H,6-10,12,14-17,20,23,26-42H2,1-5H3/b13-11-,19-18-,22-21-,25-24-. The van der Waals surface area contributed by atoms with E-state index in [4.69, 9.17) is 18.5 Å². The maximum absolute atomic E-state index is 12.7. The van der Waals surface area contributed by atoms with Gasteiger partial charge in [0.05, 0.1) is 27.7 Å². The number of allylic oxidation sites excluding steroid dienone is 8. The number of rotatable bonds is 39. The van der Waals surface area contributed by atoms with Crippen molar-refractivity contribution in [2.24, 2.45) is 0 Å². The summed E-state index contributed by atoms with van der Waals surface area (Å²) in [6, 6.07) is 0. The Morgan fingerprint density at radius 2 is 1.02 bits per heavy atom. The summed E-state index contributed by atoms with van der Waals surface area (Å²) >= 11 is 0. The average Bonchev–Trinajstić information content (AvgIpc) is 3.13. The molecule has 0 bridgehead atoms. The van der Waals surface area contributed by atoms with E-state index in [2.05, 4.69) is 62.5 Å². The molecule has 0 rings (SSSR count). The molecule has 0 N–H and O–H groups in total. The Balaban J connectivity index is 4.34. The van der Waals surface area contributed by atoms with E-state index in [1.807, 2.05) is 21.1 Å². The van der Waals surface area contributed by atoms with Gasteiger partial charge in [-0.15, -0.1) is 0 Å². The van der Waals surface area contributed by atoms with E-state index in [1.54, 1.807) is 0 Å². The summed E-state index contributed by atoms with van der Waals surface area (Å²) in [6.45, 7) is 4.11. The Morgan fingerprint density at radius 1 is 0.564 bits per heavy atom. The van der Waals surface area contributed by atoms with Crippen LogP contribution in [0.3, 0.4) is 0 Å². The lowest BCUT2D eigenvalue weighted by Crippen LogP contribution is -2.37. The van der Waals surface area contributed by atoms with Crippen LogP contribution in [0, 0.1) is 0 Å². The van der Waals surface area contributed by atoms with Crippen LogP contribution < -0.4 is 4.89 Å². The third-order valence-corrected chi connectivity index (χ3v) is 10.0. The minimum atomic E-state index is -4.63. The second kappa shape index (κ2) is 37.5. The van der Waals surface area contributed by atoms with E-state index in [-0.39, 0.29) is 26.1 Å². The molecular weight excluding hydrogens is 713 g/mol. The summed E-state index contributed by atoms with van der Waals surface area (Å²) in [7, 11) is 1.14. The summed E-state index contributed by atoms with van der Waals surface area (Å²) in [6.07, 6.45) is 42.9. The van der Waals surface area contributed by atoms with Crippen LogP contribution in [-0.4, -0.2) is 70.0 Å². The molecule has 10 heteroatoms. The molecule has 0 aliphatic carbocycles. The van der Waals surface area contributed by atoms with Gasteiger partial charge >= 0.3 is 11.9 Å². The van der Waals surface area contributed by atoms with Crippen LogP contribution in [0.5, 0.6) is 0 Å². The minimum absolute atomic E-state index is 0.0365. The number of phosphoric acid groups is 1. The van der Waals surface area contributed by atoms with Gasteiger partial charge in [0, 0.05) is 12.8 Å². The van der Waals surface area contributed by atoms with Crippen molar-refractivity contribution in [3.05, 3.63) is 48.6 Å². The van der Waals surface area contributed by atoms with Gasteiger partial charge in [0.2, 0.25) is 0 Å². The molecule has 9 nitrogen and oxygen atoms in total. The molecule has 55 heavy (non-hydrogen) atoms. The Morgan fingerprint density at radius 3 is 1.55 bits per heavy atom. The summed E-state index contributed by atoms with van der Waals surface area (Å²) in [5.41, 5.74) is 0. The van der Waals surface area contributed by atoms with Crippen LogP contribution in [0.2, 0.25) is 0 Å². The van der Waals surface area contributed by atoms with E-state index in [9.17, 15) is 19.0 Å². The van der Waals surface area contributed by atoms with E-state index < -0.39 is 32.5 Å². The molecule has 0 fully saturated rings. The van der Waals surface area contributed by atoms with Crippen LogP contribution in [0.4, 0.5) is 0 Å². The number of hydrogen-bond donors (Lipinski definition) is 0. The van der Waals surface area contributed by atoms with Crippen molar-refractivity contribution < 1.29 is 42.1 Å². The Hall–Kier alpha value is -2.03. The van der Waals surface area contributed by atoms with Gasteiger partial charge in [0.15, 0.2) is 6.10 Å². The summed E-state index contributed by atoms with van der Waals surface area (Å²) in [5, 5.41) is 0. The zero-order valence-electron chi connectivity index (χ0n) is 35.9. The van der Waals surface area contributed by atoms with Gasteiger partial charge in [-0.3, -0.25) is 14.2 Å². The third-order valence-electron chi connectivity index (χ3n) is 9.05. The van der Waals surface area contributed by atoms with E-state index in [0.29, 0.717) is 23.9 Å². The molecule has 320 valence electrons. The summed E-state index contributed by atoms with van der Waals surface area (Å²) < 4.78 is 33.8. The normalized spacial score (nSPS) is 14.1. The quantitative estimate of drug-likeness (QED) is 0.0199. The number of carbonyl (C=O) groups is 2. The predicted octanol–water partition coefficient (Wildman–Crippen LogP) is 11.7. The maximum atomic E-state index is 12.7. The maximum Gasteiger partial charge on any atom is 0.306 e. The molecule has 0 radical (unpaired) electrons. The first-order valence-electron chi connectivity index (χ1n) is 21.8. The number of ether oxygens (including phenoxy) is 2. The highest BCUT2D eigenvalue weighted by Gasteiger charge is 2.21. The highest BCUT2D eigenvalue weighted by Crippen LogP contribution is 2.38. The highest BCUT2D eigenvalue weighted by molar-refractivity contribution is 7.45. The molecule has 2 atom stereocenters. The number of likely N-dealkylation sites (N-methyl/N-ethyl adjacent to an activating group) is 1.